The van der Waals surface area contributed by atoms with Gasteiger partial charge in [0.15, 0.2) is 0 Å². The Hall–Kier alpha value is -1.40. The van der Waals surface area contributed by atoms with E-state index in [9.17, 15) is 5.11 Å². The lowest BCUT2D eigenvalue weighted by Gasteiger charge is -2.29. The molecule has 1 aromatic rings. The van der Waals surface area contributed by atoms with Gasteiger partial charge < -0.3 is 15.4 Å². The molecule has 0 amide bonds. The van der Waals surface area contributed by atoms with E-state index in [4.69, 9.17) is 5.84 Å². The number of nitrogens with two attached hydrogens (primary N) is 1. The first-order valence-corrected chi connectivity index (χ1v) is 6.28. The molecule has 1 heterocycles. The Kier molecular flexibility index (Phi) is 3.68. The van der Waals surface area contributed by atoms with Crippen molar-refractivity contribution in [2.45, 2.75) is 38.2 Å². The van der Waals surface area contributed by atoms with E-state index in [2.05, 4.69) is 15.4 Å². The van der Waals surface area contributed by atoms with E-state index >= 15 is 0 Å². The number of likely N-dealkylation sites (N-methyl/N-ethyl adjacent to an activating group) is 1. The van der Waals surface area contributed by atoms with E-state index in [1.165, 1.54) is 0 Å². The number of hydrogen-bond acceptors (Lipinski definition) is 6. The van der Waals surface area contributed by atoms with Gasteiger partial charge in [0, 0.05) is 19.7 Å². The van der Waals surface area contributed by atoms with E-state index in [0.29, 0.717) is 18.2 Å². The minimum atomic E-state index is -0.579. The summed E-state index contributed by atoms with van der Waals surface area (Å²) in [4.78, 5) is 10.5. The maximum absolute atomic E-state index is 10.4. The summed E-state index contributed by atoms with van der Waals surface area (Å²) in [6.45, 7) is 2.41. The predicted octanol–water partition coefficient (Wildman–Crippen LogP) is 0.812. The average Bonchev–Trinajstić information content (AvgIpc) is 2.74. The third-order valence-electron chi connectivity index (χ3n) is 3.43. The van der Waals surface area contributed by atoms with E-state index in [-0.39, 0.29) is 0 Å². The van der Waals surface area contributed by atoms with Gasteiger partial charge in [-0.1, -0.05) is 12.8 Å². The van der Waals surface area contributed by atoms with E-state index in [0.717, 1.165) is 31.5 Å². The van der Waals surface area contributed by atoms with E-state index in [1.807, 2.05) is 18.9 Å². The summed E-state index contributed by atoms with van der Waals surface area (Å²) < 4.78 is 0. The zero-order valence-electron chi connectivity index (χ0n) is 11.0. The summed E-state index contributed by atoms with van der Waals surface area (Å²) in [6.07, 6.45) is 3.93. The zero-order valence-corrected chi connectivity index (χ0v) is 11.0. The van der Waals surface area contributed by atoms with Crippen molar-refractivity contribution in [3.8, 4) is 0 Å². The number of nitrogens with zero attached hydrogens (tertiary/aromatic N) is 3. The van der Waals surface area contributed by atoms with Crippen LogP contribution in [0.3, 0.4) is 0 Å². The predicted molar refractivity (Wildman–Crippen MR) is 71.3 cm³/mol. The molecular weight excluding hydrogens is 230 g/mol. The highest BCUT2D eigenvalue weighted by Crippen LogP contribution is 2.31. The number of aromatic nitrogens is 2. The molecule has 0 spiro atoms. The van der Waals surface area contributed by atoms with E-state index in [1.54, 1.807) is 6.07 Å². The summed E-state index contributed by atoms with van der Waals surface area (Å²) in [7, 11) is 1.93. The molecule has 1 saturated carbocycles. The van der Waals surface area contributed by atoms with Crippen LogP contribution in [0.4, 0.5) is 11.6 Å². The number of anilines is 2. The third-order valence-corrected chi connectivity index (χ3v) is 3.43. The molecule has 4 N–H and O–H groups in total. The van der Waals surface area contributed by atoms with Crippen molar-refractivity contribution in [2.24, 2.45) is 5.84 Å². The molecule has 6 nitrogen and oxygen atoms in total. The third kappa shape index (κ3) is 2.88. The van der Waals surface area contributed by atoms with Crippen LogP contribution in [0.1, 0.15) is 31.5 Å². The summed E-state index contributed by atoms with van der Waals surface area (Å²) in [5, 5.41) is 10.4. The topological polar surface area (TPSA) is 87.3 Å². The molecule has 1 fully saturated rings. The second-order valence-electron chi connectivity index (χ2n) is 5.09. The van der Waals surface area contributed by atoms with Crippen LogP contribution in [0.25, 0.3) is 0 Å². The van der Waals surface area contributed by atoms with Crippen molar-refractivity contribution in [3.05, 3.63) is 11.9 Å². The molecule has 0 aliphatic heterocycles. The smallest absolute Gasteiger partial charge is 0.145 e. The Bertz CT molecular complexity index is 417. The zero-order chi connectivity index (χ0) is 13.2. The minimum Gasteiger partial charge on any atom is -0.388 e. The van der Waals surface area contributed by atoms with Crippen LogP contribution in [0.5, 0.6) is 0 Å². The second kappa shape index (κ2) is 5.07. The first-order chi connectivity index (χ1) is 8.52. The van der Waals surface area contributed by atoms with Crippen molar-refractivity contribution in [2.75, 3.05) is 23.9 Å². The standard InChI is InChI=1S/C12H21N5O/c1-9-14-10(16-13)7-11(15-9)17(2)8-12(18)5-3-4-6-12/h7,18H,3-6,8,13H2,1-2H3,(H,14,15,16). The Morgan fingerprint density at radius 1 is 1.44 bits per heavy atom. The molecule has 0 unspecified atom stereocenters. The van der Waals surface area contributed by atoms with Crippen molar-refractivity contribution in [3.63, 3.8) is 0 Å². The number of rotatable bonds is 4. The maximum Gasteiger partial charge on any atom is 0.145 e. The van der Waals surface area contributed by atoms with Crippen molar-refractivity contribution >= 4 is 11.6 Å². The van der Waals surface area contributed by atoms with Crippen LogP contribution in [-0.2, 0) is 0 Å². The van der Waals surface area contributed by atoms with Crippen LogP contribution in [-0.4, -0.2) is 34.3 Å². The largest absolute Gasteiger partial charge is 0.388 e. The molecule has 1 aliphatic carbocycles. The molecule has 100 valence electrons. The van der Waals surface area contributed by atoms with Crippen LogP contribution in [0, 0.1) is 6.92 Å². The fourth-order valence-electron chi connectivity index (χ4n) is 2.54. The van der Waals surface area contributed by atoms with Gasteiger partial charge in [0.05, 0.1) is 5.60 Å². The lowest BCUT2D eigenvalue weighted by molar-refractivity contribution is 0.0558. The fraction of sp³-hybridized carbons (Fsp3) is 0.667. The number of nitrogens with one attached hydrogen (secondary N) is 1. The van der Waals surface area contributed by atoms with Gasteiger partial charge in [-0.15, -0.1) is 0 Å². The molecule has 18 heavy (non-hydrogen) atoms. The van der Waals surface area contributed by atoms with Gasteiger partial charge in [0.25, 0.3) is 0 Å². The fourth-order valence-corrected chi connectivity index (χ4v) is 2.54. The first-order valence-electron chi connectivity index (χ1n) is 6.28. The van der Waals surface area contributed by atoms with Gasteiger partial charge in [-0.3, -0.25) is 0 Å². The number of aryl methyl sites for hydroxylation is 1. The number of aliphatic hydroxyl groups is 1. The highest BCUT2D eigenvalue weighted by molar-refractivity contribution is 5.48. The Morgan fingerprint density at radius 3 is 2.72 bits per heavy atom. The molecule has 0 atom stereocenters. The van der Waals surface area contributed by atoms with Gasteiger partial charge in [-0.25, -0.2) is 15.8 Å². The number of nitrogen functional groups attached to an aromatic ring is 1. The lowest BCUT2D eigenvalue weighted by Crippen LogP contribution is -2.39. The molecule has 1 aromatic heterocycles. The Labute approximate surface area is 107 Å². The number of hydrazine groups is 1. The number of hydrogen-bond donors (Lipinski definition) is 3. The molecule has 0 aromatic carbocycles. The van der Waals surface area contributed by atoms with Gasteiger partial charge in [-0.05, 0) is 19.8 Å². The summed E-state index contributed by atoms with van der Waals surface area (Å²) in [5.41, 5.74) is 1.95. The van der Waals surface area contributed by atoms with Gasteiger partial charge in [-0.2, -0.15) is 0 Å². The van der Waals surface area contributed by atoms with Gasteiger partial charge in [0.1, 0.15) is 17.5 Å². The summed E-state index contributed by atoms with van der Waals surface area (Å²) in [6, 6.07) is 1.78. The maximum atomic E-state index is 10.4. The second-order valence-corrected chi connectivity index (χ2v) is 5.09. The van der Waals surface area contributed by atoms with Gasteiger partial charge in [0.2, 0.25) is 0 Å². The molecule has 6 heteroatoms. The van der Waals surface area contributed by atoms with Crippen LogP contribution in [0.15, 0.2) is 6.07 Å². The van der Waals surface area contributed by atoms with Crippen LogP contribution >= 0.6 is 0 Å². The molecule has 0 bridgehead atoms. The van der Waals surface area contributed by atoms with Crippen molar-refractivity contribution in [1.29, 1.82) is 0 Å². The van der Waals surface area contributed by atoms with E-state index < -0.39 is 5.60 Å². The lowest BCUT2D eigenvalue weighted by atomic mass is 10.0. The van der Waals surface area contributed by atoms with Crippen LogP contribution < -0.4 is 16.2 Å². The van der Waals surface area contributed by atoms with Crippen molar-refractivity contribution in [1.82, 2.24) is 9.97 Å². The molecule has 2 rings (SSSR count). The molecular formula is C12H21N5O. The summed E-state index contributed by atoms with van der Waals surface area (Å²) in [5.74, 6) is 7.39. The molecule has 0 saturated heterocycles. The quantitative estimate of drug-likeness (QED) is 0.542. The minimum absolute atomic E-state index is 0.579. The Balaban J connectivity index is 2.12. The van der Waals surface area contributed by atoms with Gasteiger partial charge >= 0.3 is 0 Å². The normalized spacial score (nSPS) is 17.8. The Morgan fingerprint density at radius 2 is 2.11 bits per heavy atom. The molecule has 0 radical (unpaired) electrons. The molecule has 1 aliphatic rings. The average molecular weight is 251 g/mol. The van der Waals surface area contributed by atoms with Crippen LogP contribution in [0.2, 0.25) is 0 Å². The summed E-state index contributed by atoms with van der Waals surface area (Å²) >= 11 is 0. The highest BCUT2D eigenvalue weighted by atomic mass is 16.3. The van der Waals surface area contributed by atoms with Crippen molar-refractivity contribution < 1.29 is 5.11 Å². The monoisotopic (exact) mass is 251 g/mol. The highest BCUT2D eigenvalue weighted by Gasteiger charge is 2.32. The SMILES string of the molecule is Cc1nc(NN)cc(N(C)CC2(O)CCCC2)n1. The first kappa shape index (κ1) is 13.0.